The monoisotopic (exact) mass is 238 g/mol. The van der Waals surface area contributed by atoms with Crippen LogP contribution in [0.2, 0.25) is 0 Å². The van der Waals surface area contributed by atoms with Crippen molar-refractivity contribution in [1.29, 1.82) is 0 Å². The van der Waals surface area contributed by atoms with Crippen molar-refractivity contribution in [2.75, 3.05) is 4.90 Å². The first-order chi connectivity index (χ1) is 8.66. The maximum Gasteiger partial charge on any atom is 0.261 e. The SMILES string of the molecule is CC1=CC(=O)N(c2ccc3ncccc3c2)C1=O. The maximum absolute atomic E-state index is 11.9. The summed E-state index contributed by atoms with van der Waals surface area (Å²) in [6, 6.07) is 9.06. The van der Waals surface area contributed by atoms with Crippen LogP contribution in [0.15, 0.2) is 48.2 Å². The minimum atomic E-state index is -0.291. The number of benzene rings is 1. The van der Waals surface area contributed by atoms with Crippen LogP contribution in [0, 0.1) is 0 Å². The zero-order valence-corrected chi connectivity index (χ0v) is 9.75. The molecule has 4 heteroatoms. The highest BCUT2D eigenvalue weighted by molar-refractivity contribution is 6.30. The van der Waals surface area contributed by atoms with Crippen LogP contribution in [-0.2, 0) is 9.59 Å². The molecule has 18 heavy (non-hydrogen) atoms. The summed E-state index contributed by atoms with van der Waals surface area (Å²) in [6.45, 7) is 1.64. The van der Waals surface area contributed by atoms with Gasteiger partial charge in [-0.25, -0.2) is 4.90 Å². The molecule has 0 saturated carbocycles. The van der Waals surface area contributed by atoms with E-state index >= 15 is 0 Å². The van der Waals surface area contributed by atoms with E-state index in [1.807, 2.05) is 12.1 Å². The Morgan fingerprint density at radius 1 is 1.17 bits per heavy atom. The fourth-order valence-electron chi connectivity index (χ4n) is 2.03. The minimum Gasteiger partial charge on any atom is -0.269 e. The summed E-state index contributed by atoms with van der Waals surface area (Å²) in [4.78, 5) is 29.0. The van der Waals surface area contributed by atoms with Gasteiger partial charge in [0.1, 0.15) is 0 Å². The van der Waals surface area contributed by atoms with E-state index in [1.165, 1.54) is 11.0 Å². The molecule has 0 atom stereocenters. The van der Waals surface area contributed by atoms with Crippen molar-refractivity contribution >= 4 is 28.4 Å². The van der Waals surface area contributed by atoms with Gasteiger partial charge < -0.3 is 0 Å². The zero-order chi connectivity index (χ0) is 12.7. The average molecular weight is 238 g/mol. The normalized spacial score (nSPS) is 15.4. The van der Waals surface area contributed by atoms with Crippen LogP contribution < -0.4 is 4.90 Å². The van der Waals surface area contributed by atoms with Gasteiger partial charge in [0.2, 0.25) is 0 Å². The molecule has 1 aliphatic heterocycles. The fraction of sp³-hybridized carbons (Fsp3) is 0.0714. The minimum absolute atomic E-state index is 0.261. The lowest BCUT2D eigenvalue weighted by Gasteiger charge is -2.14. The Morgan fingerprint density at radius 2 is 2.00 bits per heavy atom. The van der Waals surface area contributed by atoms with E-state index < -0.39 is 0 Å². The molecule has 2 aromatic rings. The molecule has 0 bridgehead atoms. The molecule has 3 rings (SSSR count). The van der Waals surface area contributed by atoms with E-state index in [9.17, 15) is 9.59 Å². The van der Waals surface area contributed by atoms with Gasteiger partial charge in [0.15, 0.2) is 0 Å². The second kappa shape index (κ2) is 3.77. The summed E-state index contributed by atoms with van der Waals surface area (Å²) in [5.41, 5.74) is 1.88. The lowest BCUT2D eigenvalue weighted by Crippen LogP contribution is -2.30. The average Bonchev–Trinajstić information content (AvgIpc) is 2.63. The number of carbonyl (C=O) groups excluding carboxylic acids is 2. The van der Waals surface area contributed by atoms with Crippen molar-refractivity contribution in [2.45, 2.75) is 6.92 Å². The Hall–Kier alpha value is -2.49. The molecule has 1 aromatic carbocycles. The fourth-order valence-corrected chi connectivity index (χ4v) is 2.03. The molecule has 0 spiro atoms. The van der Waals surface area contributed by atoms with Crippen molar-refractivity contribution < 1.29 is 9.59 Å². The van der Waals surface area contributed by atoms with Gasteiger partial charge in [0.25, 0.3) is 11.8 Å². The number of aromatic nitrogens is 1. The van der Waals surface area contributed by atoms with Gasteiger partial charge in [-0.1, -0.05) is 6.07 Å². The Kier molecular flexibility index (Phi) is 2.23. The largest absolute Gasteiger partial charge is 0.269 e. The van der Waals surface area contributed by atoms with Crippen LogP contribution in [-0.4, -0.2) is 16.8 Å². The summed E-state index contributed by atoms with van der Waals surface area (Å²) in [7, 11) is 0. The predicted octanol–water partition coefficient (Wildman–Crippen LogP) is 2.05. The van der Waals surface area contributed by atoms with Crippen molar-refractivity contribution in [3.8, 4) is 0 Å². The van der Waals surface area contributed by atoms with E-state index in [4.69, 9.17) is 0 Å². The second-order valence-electron chi connectivity index (χ2n) is 4.19. The van der Waals surface area contributed by atoms with Gasteiger partial charge >= 0.3 is 0 Å². The molecule has 1 aliphatic rings. The van der Waals surface area contributed by atoms with Gasteiger partial charge in [0.05, 0.1) is 11.2 Å². The second-order valence-corrected chi connectivity index (χ2v) is 4.19. The molecule has 2 heterocycles. The van der Waals surface area contributed by atoms with Gasteiger partial charge in [-0.15, -0.1) is 0 Å². The third kappa shape index (κ3) is 1.50. The first kappa shape index (κ1) is 10.7. The van der Waals surface area contributed by atoms with Crippen molar-refractivity contribution in [1.82, 2.24) is 4.98 Å². The summed E-state index contributed by atoms with van der Waals surface area (Å²) < 4.78 is 0. The Balaban J connectivity index is 2.11. The lowest BCUT2D eigenvalue weighted by atomic mass is 10.2. The van der Waals surface area contributed by atoms with Crippen molar-refractivity contribution in [2.24, 2.45) is 0 Å². The van der Waals surface area contributed by atoms with E-state index in [-0.39, 0.29) is 11.8 Å². The van der Waals surface area contributed by atoms with Crippen LogP contribution in [0.5, 0.6) is 0 Å². The Morgan fingerprint density at radius 3 is 2.72 bits per heavy atom. The van der Waals surface area contributed by atoms with Gasteiger partial charge in [-0.3, -0.25) is 14.6 Å². The molecule has 0 radical (unpaired) electrons. The number of pyridine rings is 1. The van der Waals surface area contributed by atoms with E-state index in [0.29, 0.717) is 11.3 Å². The first-order valence-corrected chi connectivity index (χ1v) is 5.58. The van der Waals surface area contributed by atoms with E-state index in [1.54, 1.807) is 31.3 Å². The molecule has 0 fully saturated rings. The van der Waals surface area contributed by atoms with Crippen molar-refractivity contribution in [3.63, 3.8) is 0 Å². The molecule has 1 aromatic heterocycles. The highest BCUT2D eigenvalue weighted by atomic mass is 16.2. The zero-order valence-electron chi connectivity index (χ0n) is 9.75. The first-order valence-electron chi connectivity index (χ1n) is 5.58. The number of anilines is 1. The summed E-state index contributed by atoms with van der Waals surface area (Å²) in [5, 5.41) is 0.903. The maximum atomic E-state index is 11.9. The standard InChI is InChI=1S/C14H10N2O2/c1-9-7-13(17)16(14(9)18)11-4-5-12-10(8-11)3-2-6-15-12/h2-8H,1H3. The molecular formula is C14H10N2O2. The van der Waals surface area contributed by atoms with E-state index in [0.717, 1.165) is 10.9 Å². The summed E-state index contributed by atoms with van der Waals surface area (Å²) >= 11 is 0. The lowest BCUT2D eigenvalue weighted by molar-refractivity contribution is -0.120. The number of rotatable bonds is 1. The number of imide groups is 1. The molecule has 0 unspecified atom stereocenters. The number of nitrogens with zero attached hydrogens (tertiary/aromatic N) is 2. The number of amides is 2. The smallest absolute Gasteiger partial charge is 0.261 e. The van der Waals surface area contributed by atoms with Crippen LogP contribution in [0.3, 0.4) is 0 Å². The molecule has 88 valence electrons. The van der Waals surface area contributed by atoms with Crippen LogP contribution in [0.4, 0.5) is 5.69 Å². The van der Waals surface area contributed by atoms with Crippen LogP contribution >= 0.6 is 0 Å². The molecular weight excluding hydrogens is 228 g/mol. The van der Waals surface area contributed by atoms with Crippen LogP contribution in [0.25, 0.3) is 10.9 Å². The van der Waals surface area contributed by atoms with Gasteiger partial charge in [-0.05, 0) is 31.2 Å². The Labute approximate surface area is 104 Å². The molecule has 4 nitrogen and oxygen atoms in total. The van der Waals surface area contributed by atoms with Crippen molar-refractivity contribution in [3.05, 3.63) is 48.2 Å². The topological polar surface area (TPSA) is 50.3 Å². The molecule has 0 N–H and O–H groups in total. The summed E-state index contributed by atoms with van der Waals surface area (Å²) in [5.74, 6) is -0.552. The number of fused-ring (bicyclic) bond motifs is 1. The summed E-state index contributed by atoms with van der Waals surface area (Å²) in [6.07, 6.45) is 3.07. The van der Waals surface area contributed by atoms with Gasteiger partial charge in [-0.2, -0.15) is 0 Å². The number of hydrogen-bond acceptors (Lipinski definition) is 3. The quantitative estimate of drug-likeness (QED) is 0.714. The number of carbonyl (C=O) groups is 2. The molecule has 0 aliphatic carbocycles. The third-order valence-corrected chi connectivity index (χ3v) is 2.95. The highest BCUT2D eigenvalue weighted by Crippen LogP contribution is 2.25. The Bertz CT molecular complexity index is 704. The van der Waals surface area contributed by atoms with Gasteiger partial charge in [0, 0.05) is 23.2 Å². The number of hydrogen-bond donors (Lipinski definition) is 0. The van der Waals surface area contributed by atoms with Crippen LogP contribution in [0.1, 0.15) is 6.92 Å². The highest BCUT2D eigenvalue weighted by Gasteiger charge is 2.29. The molecule has 0 saturated heterocycles. The molecule has 2 amide bonds. The predicted molar refractivity (Wildman–Crippen MR) is 68.0 cm³/mol. The van der Waals surface area contributed by atoms with E-state index in [2.05, 4.69) is 4.98 Å². The third-order valence-electron chi connectivity index (χ3n) is 2.95.